The van der Waals surface area contributed by atoms with Gasteiger partial charge in [0.15, 0.2) is 0 Å². The van der Waals surface area contributed by atoms with E-state index in [0.29, 0.717) is 5.88 Å². The molecule has 6 aromatic rings. The third-order valence-electron chi connectivity index (χ3n) is 8.23. The highest BCUT2D eigenvalue weighted by molar-refractivity contribution is 6.09. The molecule has 0 aliphatic carbocycles. The lowest BCUT2D eigenvalue weighted by Crippen LogP contribution is -2.34. The van der Waals surface area contributed by atoms with Gasteiger partial charge in [-0.2, -0.15) is 0 Å². The van der Waals surface area contributed by atoms with Gasteiger partial charge in [0, 0.05) is 47.5 Å². The summed E-state index contributed by atoms with van der Waals surface area (Å²) in [4.78, 5) is 14.2. The average Bonchev–Trinajstić information content (AvgIpc) is 3.51. The maximum atomic E-state index is 6.46. The second kappa shape index (κ2) is 10.4. The Kier molecular flexibility index (Phi) is 6.61. The molecule has 0 unspecified atom stereocenters. The largest absolute Gasteiger partial charge is 0.439 e. The first-order chi connectivity index (χ1) is 21.0. The number of aromatic nitrogens is 3. The first kappa shape index (κ1) is 28.0. The van der Waals surface area contributed by atoms with Crippen LogP contribution >= 0.6 is 0 Å². The van der Waals surface area contributed by atoms with Crippen LogP contribution in [-0.4, -0.2) is 27.7 Å². The quantitative estimate of drug-likeness (QED) is 0.203. The van der Waals surface area contributed by atoms with Crippen molar-refractivity contribution in [3.8, 4) is 17.4 Å². The predicted molar refractivity (Wildman–Crippen MR) is 182 cm³/mol. The van der Waals surface area contributed by atoms with E-state index < -0.39 is 0 Å². The molecule has 0 bridgehead atoms. The Balaban J connectivity index is 1.25. The normalized spacial score (nSPS) is 13.6. The molecule has 44 heavy (non-hydrogen) atoms. The van der Waals surface area contributed by atoms with Gasteiger partial charge in [-0.3, -0.25) is 4.57 Å². The summed E-state index contributed by atoms with van der Waals surface area (Å²) >= 11 is 0. The molecule has 3 aromatic heterocycles. The number of hydrogen-bond acceptors (Lipinski definition) is 5. The van der Waals surface area contributed by atoms with Gasteiger partial charge in [0.1, 0.15) is 11.6 Å². The molecule has 0 radical (unpaired) electrons. The fraction of sp³-hybridized carbons (Fsp3) is 0.263. The summed E-state index contributed by atoms with van der Waals surface area (Å²) < 4.78 is 8.70. The summed E-state index contributed by atoms with van der Waals surface area (Å²) in [5.74, 6) is 2.19. The van der Waals surface area contributed by atoms with E-state index in [-0.39, 0.29) is 10.8 Å². The number of fused-ring (bicyclic) bond motifs is 4. The average molecular weight is 582 g/mol. The third kappa shape index (κ3) is 5.15. The molecule has 4 heterocycles. The number of anilines is 3. The summed E-state index contributed by atoms with van der Waals surface area (Å²) in [5.41, 5.74) is 7.11. The topological polar surface area (TPSA) is 46.4 Å². The van der Waals surface area contributed by atoms with Gasteiger partial charge < -0.3 is 14.5 Å². The lowest BCUT2D eigenvalue weighted by molar-refractivity contribution is 0.414. The minimum Gasteiger partial charge on any atom is -0.439 e. The van der Waals surface area contributed by atoms with Gasteiger partial charge in [0.05, 0.1) is 29.1 Å². The highest BCUT2D eigenvalue weighted by atomic mass is 16.5. The first-order valence-electron chi connectivity index (χ1n) is 15.3. The second-order valence-corrected chi connectivity index (χ2v) is 14.0. The number of rotatable bonds is 5. The van der Waals surface area contributed by atoms with Crippen LogP contribution in [0, 0.1) is 5.41 Å². The first-order valence-corrected chi connectivity index (χ1v) is 15.3. The standard InChI is InChI=1S/C38H39N5O/c1-37(2,3)24-41-25-42(33-14-10-9-13-32(33)41)27-18-20-40-36(22-27)44-28-15-16-30-29-11-7-8-12-31(29)43(34(30)23-28)35-21-26(17-19-39-35)38(4,5)6/h7-23H,24-25H2,1-6H3. The van der Waals surface area contributed by atoms with E-state index in [1.807, 2.05) is 24.5 Å². The summed E-state index contributed by atoms with van der Waals surface area (Å²) in [6.07, 6.45) is 3.74. The van der Waals surface area contributed by atoms with Gasteiger partial charge in [-0.25, -0.2) is 9.97 Å². The molecule has 1 aliphatic rings. The van der Waals surface area contributed by atoms with Gasteiger partial charge in [-0.1, -0.05) is 71.9 Å². The van der Waals surface area contributed by atoms with Crippen molar-refractivity contribution in [2.45, 2.75) is 47.0 Å². The van der Waals surface area contributed by atoms with Crippen LogP contribution in [-0.2, 0) is 5.41 Å². The summed E-state index contributed by atoms with van der Waals surface area (Å²) in [6.45, 7) is 15.3. The van der Waals surface area contributed by atoms with Crippen molar-refractivity contribution in [1.82, 2.24) is 14.5 Å². The van der Waals surface area contributed by atoms with Crippen LogP contribution in [0.15, 0.2) is 103 Å². The van der Waals surface area contributed by atoms with Crippen LogP contribution in [0.1, 0.15) is 47.1 Å². The minimum absolute atomic E-state index is 0.0149. The van der Waals surface area contributed by atoms with E-state index >= 15 is 0 Å². The van der Waals surface area contributed by atoms with Crippen molar-refractivity contribution < 1.29 is 4.74 Å². The van der Waals surface area contributed by atoms with Crippen molar-refractivity contribution in [3.05, 3.63) is 109 Å². The maximum absolute atomic E-state index is 6.46. The van der Waals surface area contributed by atoms with Gasteiger partial charge in [-0.15, -0.1) is 0 Å². The molecule has 3 aromatic carbocycles. The fourth-order valence-electron chi connectivity index (χ4n) is 6.22. The number of para-hydroxylation sites is 3. The van der Waals surface area contributed by atoms with E-state index in [1.165, 1.54) is 22.3 Å². The molecule has 0 atom stereocenters. The molecule has 0 fully saturated rings. The number of ether oxygens (including phenoxy) is 1. The van der Waals surface area contributed by atoms with Crippen molar-refractivity contribution in [2.75, 3.05) is 23.0 Å². The molecule has 0 amide bonds. The van der Waals surface area contributed by atoms with Gasteiger partial charge in [0.2, 0.25) is 5.88 Å². The lowest BCUT2D eigenvalue weighted by atomic mass is 9.88. The number of nitrogens with zero attached hydrogens (tertiary/aromatic N) is 5. The lowest BCUT2D eigenvalue weighted by Gasteiger charge is -2.28. The molecule has 0 saturated heterocycles. The molecule has 1 aliphatic heterocycles. The van der Waals surface area contributed by atoms with E-state index in [0.717, 1.165) is 46.9 Å². The zero-order chi connectivity index (χ0) is 30.6. The minimum atomic E-state index is 0.0149. The van der Waals surface area contributed by atoms with Crippen LogP contribution < -0.4 is 14.5 Å². The van der Waals surface area contributed by atoms with Crippen LogP contribution in [0.3, 0.4) is 0 Å². The molecule has 222 valence electrons. The number of pyridine rings is 2. The fourth-order valence-corrected chi connectivity index (χ4v) is 6.22. The van der Waals surface area contributed by atoms with E-state index in [9.17, 15) is 0 Å². The number of benzene rings is 3. The molecule has 7 rings (SSSR count). The molecule has 0 N–H and O–H groups in total. The second-order valence-electron chi connectivity index (χ2n) is 14.0. The summed E-state index contributed by atoms with van der Waals surface area (Å²) in [5, 5.41) is 2.34. The van der Waals surface area contributed by atoms with Crippen LogP contribution in [0.25, 0.3) is 27.6 Å². The molecule has 0 spiro atoms. The highest BCUT2D eigenvalue weighted by Gasteiger charge is 2.29. The van der Waals surface area contributed by atoms with E-state index in [2.05, 4.69) is 140 Å². The monoisotopic (exact) mass is 581 g/mol. The third-order valence-corrected chi connectivity index (χ3v) is 8.23. The van der Waals surface area contributed by atoms with Crippen LogP contribution in [0.4, 0.5) is 17.1 Å². The van der Waals surface area contributed by atoms with Crippen molar-refractivity contribution in [2.24, 2.45) is 5.41 Å². The van der Waals surface area contributed by atoms with Gasteiger partial charge >= 0.3 is 0 Å². The molecular formula is C38H39N5O. The smallest absolute Gasteiger partial charge is 0.221 e. The highest BCUT2D eigenvalue weighted by Crippen LogP contribution is 2.42. The Morgan fingerprint density at radius 1 is 0.705 bits per heavy atom. The molecule has 6 nitrogen and oxygen atoms in total. The number of hydrogen-bond donors (Lipinski definition) is 0. The molecule has 0 saturated carbocycles. The Morgan fingerprint density at radius 2 is 1.43 bits per heavy atom. The Hall–Kier alpha value is -4.84. The van der Waals surface area contributed by atoms with E-state index in [1.54, 1.807) is 0 Å². The van der Waals surface area contributed by atoms with Crippen LogP contribution in [0.2, 0.25) is 0 Å². The van der Waals surface area contributed by atoms with Gasteiger partial charge in [0.25, 0.3) is 0 Å². The maximum Gasteiger partial charge on any atom is 0.221 e. The molecular weight excluding hydrogens is 542 g/mol. The zero-order valence-electron chi connectivity index (χ0n) is 26.4. The van der Waals surface area contributed by atoms with Crippen LogP contribution in [0.5, 0.6) is 11.6 Å². The predicted octanol–water partition coefficient (Wildman–Crippen LogP) is 9.63. The SMILES string of the molecule is CC(C)(C)CN1CN(c2ccnc(Oc3ccc4c5ccccc5n(-c5cc(C(C)(C)C)ccn5)c4c3)c2)c2ccccc21. The summed E-state index contributed by atoms with van der Waals surface area (Å²) in [6, 6.07) is 31.8. The van der Waals surface area contributed by atoms with Crippen molar-refractivity contribution in [1.29, 1.82) is 0 Å². The summed E-state index contributed by atoms with van der Waals surface area (Å²) in [7, 11) is 0. The molecule has 6 heteroatoms. The Bertz CT molecular complexity index is 2000. The van der Waals surface area contributed by atoms with Crippen molar-refractivity contribution >= 4 is 38.9 Å². The van der Waals surface area contributed by atoms with Gasteiger partial charge in [-0.05, 0) is 64.9 Å². The Labute approximate surface area is 259 Å². The van der Waals surface area contributed by atoms with E-state index in [4.69, 9.17) is 9.72 Å². The van der Waals surface area contributed by atoms with Crippen molar-refractivity contribution in [3.63, 3.8) is 0 Å². The Morgan fingerprint density at radius 3 is 2.23 bits per heavy atom. The zero-order valence-corrected chi connectivity index (χ0v) is 26.4.